The zero-order valence-corrected chi connectivity index (χ0v) is 8.89. The first-order valence-electron chi connectivity index (χ1n) is 5.14. The van der Waals surface area contributed by atoms with E-state index in [2.05, 4.69) is 6.58 Å². The summed E-state index contributed by atoms with van der Waals surface area (Å²) < 4.78 is 0. The Hall–Kier alpha value is -2.15. The second kappa shape index (κ2) is 4.58. The van der Waals surface area contributed by atoms with Gasteiger partial charge in [-0.1, -0.05) is 61.2 Å². The van der Waals surface area contributed by atoms with Crippen molar-refractivity contribution in [1.82, 2.24) is 0 Å². The maximum Gasteiger partial charge on any atom is 0.185 e. The highest BCUT2D eigenvalue weighted by atomic mass is 16.1. The molecule has 0 radical (unpaired) electrons. The fraction of sp³-hybridized carbons (Fsp3) is 0. The molecule has 0 saturated heterocycles. The van der Waals surface area contributed by atoms with Crippen molar-refractivity contribution in [3.05, 3.63) is 72.8 Å². The summed E-state index contributed by atoms with van der Waals surface area (Å²) in [5.74, 6) is -0.0422. The Bertz CT molecular complexity index is 512. The molecule has 0 heterocycles. The molecule has 0 amide bonds. The summed E-state index contributed by atoms with van der Waals surface area (Å²) in [6.07, 6.45) is 1.35. The topological polar surface area (TPSA) is 17.1 Å². The molecule has 0 aromatic heterocycles. The summed E-state index contributed by atoms with van der Waals surface area (Å²) >= 11 is 0. The number of hydrogen-bond acceptors (Lipinski definition) is 1. The lowest BCUT2D eigenvalue weighted by atomic mass is 9.97. The number of carbonyl (C=O) groups excluding carboxylic acids is 1. The lowest BCUT2D eigenvalue weighted by Crippen LogP contribution is -1.96. The van der Waals surface area contributed by atoms with Crippen LogP contribution in [0.4, 0.5) is 0 Å². The molecule has 2 rings (SSSR count). The smallest absolute Gasteiger partial charge is 0.185 e. The third-order valence-electron chi connectivity index (χ3n) is 2.46. The van der Waals surface area contributed by atoms with E-state index >= 15 is 0 Å². The van der Waals surface area contributed by atoms with Gasteiger partial charge in [-0.25, -0.2) is 0 Å². The molecule has 0 saturated carbocycles. The molecule has 0 N–H and O–H groups in total. The number of allylic oxidation sites excluding steroid dienone is 1. The van der Waals surface area contributed by atoms with Gasteiger partial charge in [0.15, 0.2) is 5.78 Å². The van der Waals surface area contributed by atoms with Crippen LogP contribution in [0.3, 0.4) is 0 Å². The Morgan fingerprint density at radius 3 is 2.25 bits per heavy atom. The van der Waals surface area contributed by atoms with Crippen molar-refractivity contribution in [3.8, 4) is 11.1 Å². The highest BCUT2D eigenvalue weighted by Crippen LogP contribution is 2.23. The molecule has 1 nitrogen and oxygen atoms in total. The third kappa shape index (κ3) is 1.94. The van der Waals surface area contributed by atoms with Crippen molar-refractivity contribution in [1.29, 1.82) is 0 Å². The van der Waals surface area contributed by atoms with Crippen molar-refractivity contribution in [3.63, 3.8) is 0 Å². The normalized spacial score (nSPS) is 9.75. The van der Waals surface area contributed by atoms with E-state index in [1.54, 1.807) is 0 Å². The third-order valence-corrected chi connectivity index (χ3v) is 2.46. The van der Waals surface area contributed by atoms with Crippen LogP contribution in [-0.2, 0) is 0 Å². The fourth-order valence-corrected chi connectivity index (χ4v) is 1.68. The first-order chi connectivity index (χ1) is 7.83. The fourth-order valence-electron chi connectivity index (χ4n) is 1.68. The lowest BCUT2D eigenvalue weighted by molar-refractivity contribution is 0.104. The molecule has 0 unspecified atom stereocenters. The molecule has 0 fully saturated rings. The minimum Gasteiger partial charge on any atom is -0.289 e. The second-order valence-corrected chi connectivity index (χ2v) is 3.48. The first-order valence-corrected chi connectivity index (χ1v) is 5.14. The summed E-state index contributed by atoms with van der Waals surface area (Å²) in [7, 11) is 0. The van der Waals surface area contributed by atoms with E-state index in [-0.39, 0.29) is 5.78 Å². The zero-order valence-electron chi connectivity index (χ0n) is 8.89. The maximum absolute atomic E-state index is 11.7. The molecule has 0 aliphatic rings. The van der Waals surface area contributed by atoms with Gasteiger partial charge in [-0.15, -0.1) is 0 Å². The standard InChI is InChI=1S/C15H12O/c1-2-15(16)14-11-7-6-10-13(14)12-8-4-3-5-9-12/h2-11H,1H2. The molecule has 0 bridgehead atoms. The predicted octanol–water partition coefficient (Wildman–Crippen LogP) is 3.72. The minimum absolute atomic E-state index is 0.0422. The Morgan fingerprint density at radius 1 is 0.938 bits per heavy atom. The van der Waals surface area contributed by atoms with E-state index in [0.29, 0.717) is 5.56 Å². The molecule has 2 aromatic rings. The van der Waals surface area contributed by atoms with E-state index in [1.807, 2.05) is 54.6 Å². The minimum atomic E-state index is -0.0422. The van der Waals surface area contributed by atoms with Gasteiger partial charge in [0, 0.05) is 5.56 Å². The van der Waals surface area contributed by atoms with Crippen LogP contribution in [0.5, 0.6) is 0 Å². The van der Waals surface area contributed by atoms with Crippen molar-refractivity contribution >= 4 is 5.78 Å². The number of hydrogen-bond donors (Lipinski definition) is 0. The van der Waals surface area contributed by atoms with Gasteiger partial charge in [-0.05, 0) is 17.2 Å². The van der Waals surface area contributed by atoms with Gasteiger partial charge < -0.3 is 0 Å². The van der Waals surface area contributed by atoms with Crippen LogP contribution in [0, 0.1) is 0 Å². The largest absolute Gasteiger partial charge is 0.289 e. The SMILES string of the molecule is C=CC(=O)c1ccccc1-c1ccccc1. The van der Waals surface area contributed by atoms with Gasteiger partial charge in [0.2, 0.25) is 0 Å². The first kappa shape index (κ1) is 10.4. The van der Waals surface area contributed by atoms with Gasteiger partial charge >= 0.3 is 0 Å². The van der Waals surface area contributed by atoms with Gasteiger partial charge in [0.1, 0.15) is 0 Å². The Morgan fingerprint density at radius 2 is 1.56 bits per heavy atom. The summed E-state index contributed by atoms with van der Waals surface area (Å²) in [5, 5.41) is 0. The molecule has 0 aliphatic heterocycles. The van der Waals surface area contributed by atoms with Crippen LogP contribution in [0.25, 0.3) is 11.1 Å². The van der Waals surface area contributed by atoms with Gasteiger partial charge in [-0.2, -0.15) is 0 Å². The number of ketones is 1. The predicted molar refractivity (Wildman–Crippen MR) is 66.4 cm³/mol. The summed E-state index contributed by atoms with van der Waals surface area (Å²) in [4.78, 5) is 11.7. The van der Waals surface area contributed by atoms with E-state index in [9.17, 15) is 4.79 Å². The molecule has 0 atom stereocenters. The van der Waals surface area contributed by atoms with Crippen LogP contribution >= 0.6 is 0 Å². The van der Waals surface area contributed by atoms with E-state index in [4.69, 9.17) is 0 Å². The lowest BCUT2D eigenvalue weighted by Gasteiger charge is -2.06. The van der Waals surface area contributed by atoms with Crippen molar-refractivity contribution < 1.29 is 4.79 Å². The molecule has 78 valence electrons. The second-order valence-electron chi connectivity index (χ2n) is 3.48. The van der Waals surface area contributed by atoms with Crippen molar-refractivity contribution in [2.24, 2.45) is 0 Å². The van der Waals surface area contributed by atoms with Crippen molar-refractivity contribution in [2.45, 2.75) is 0 Å². The van der Waals surface area contributed by atoms with Gasteiger partial charge in [-0.3, -0.25) is 4.79 Å². The monoisotopic (exact) mass is 208 g/mol. The number of carbonyl (C=O) groups is 1. The number of benzene rings is 2. The highest BCUT2D eigenvalue weighted by molar-refractivity contribution is 6.08. The summed E-state index contributed by atoms with van der Waals surface area (Å²) in [6, 6.07) is 17.4. The van der Waals surface area contributed by atoms with E-state index < -0.39 is 0 Å². The van der Waals surface area contributed by atoms with Crippen LogP contribution < -0.4 is 0 Å². The molecular weight excluding hydrogens is 196 g/mol. The quantitative estimate of drug-likeness (QED) is 0.555. The molecule has 1 heteroatoms. The van der Waals surface area contributed by atoms with Crippen LogP contribution in [0.2, 0.25) is 0 Å². The number of rotatable bonds is 3. The summed E-state index contributed by atoms with van der Waals surface area (Å²) in [5.41, 5.74) is 2.70. The zero-order chi connectivity index (χ0) is 11.4. The molecule has 0 aliphatic carbocycles. The average molecular weight is 208 g/mol. The molecule has 0 spiro atoms. The molecule has 16 heavy (non-hydrogen) atoms. The van der Waals surface area contributed by atoms with Crippen LogP contribution in [0.15, 0.2) is 67.3 Å². The Labute approximate surface area is 95.1 Å². The Kier molecular flexibility index (Phi) is 2.97. The Balaban J connectivity index is 2.57. The maximum atomic E-state index is 11.7. The van der Waals surface area contributed by atoms with Crippen molar-refractivity contribution in [2.75, 3.05) is 0 Å². The van der Waals surface area contributed by atoms with Gasteiger partial charge in [0.25, 0.3) is 0 Å². The van der Waals surface area contributed by atoms with Crippen LogP contribution in [0.1, 0.15) is 10.4 Å². The average Bonchev–Trinajstić information content (AvgIpc) is 2.39. The van der Waals surface area contributed by atoms with E-state index in [0.717, 1.165) is 11.1 Å². The highest BCUT2D eigenvalue weighted by Gasteiger charge is 2.08. The summed E-state index contributed by atoms with van der Waals surface area (Å²) in [6.45, 7) is 3.52. The molecular formula is C15H12O. The molecule has 2 aromatic carbocycles. The van der Waals surface area contributed by atoms with Gasteiger partial charge in [0.05, 0.1) is 0 Å². The van der Waals surface area contributed by atoms with E-state index in [1.165, 1.54) is 6.08 Å². The van der Waals surface area contributed by atoms with Crippen LogP contribution in [-0.4, -0.2) is 5.78 Å².